The van der Waals surface area contributed by atoms with Crippen LogP contribution in [-0.4, -0.2) is 37.2 Å². The van der Waals surface area contributed by atoms with E-state index in [-0.39, 0.29) is 11.3 Å². The van der Waals surface area contributed by atoms with E-state index in [1.165, 1.54) is 17.7 Å². The first-order valence-electron chi connectivity index (χ1n) is 9.77. The summed E-state index contributed by atoms with van der Waals surface area (Å²) in [6.07, 6.45) is 3.20. The minimum atomic E-state index is -1.03. The van der Waals surface area contributed by atoms with Crippen LogP contribution in [0.5, 0.6) is 5.75 Å². The largest absolute Gasteiger partial charge is 0.490 e. The number of carboxylic acid groups (broad SMARTS) is 1. The number of ether oxygens (including phenoxy) is 3. The zero-order chi connectivity index (χ0) is 20.4. The molecule has 7 heteroatoms. The van der Waals surface area contributed by atoms with Crippen LogP contribution in [0.1, 0.15) is 40.7 Å². The maximum atomic E-state index is 11.2. The normalized spacial score (nSPS) is 22.1. The van der Waals surface area contributed by atoms with E-state index in [1.54, 1.807) is 6.07 Å². The van der Waals surface area contributed by atoms with E-state index in [1.807, 2.05) is 18.2 Å². The molecule has 2 aromatic carbocycles. The molecule has 4 rings (SSSR count). The fraction of sp³-hybridized carbons (Fsp3) is 0.409. The molecule has 0 radical (unpaired) electrons. The van der Waals surface area contributed by atoms with Crippen molar-refractivity contribution in [2.45, 2.75) is 37.4 Å². The SMILES string of the molecule is Nc1cc(C(=O)O)ccc1OC[C@@]1(C2OCCCO2)CCCc2cc(Cl)ccc21. The van der Waals surface area contributed by atoms with Gasteiger partial charge in [-0.15, -0.1) is 0 Å². The van der Waals surface area contributed by atoms with Crippen molar-refractivity contribution in [3.05, 3.63) is 58.1 Å². The third kappa shape index (κ3) is 3.92. The Bertz CT molecular complexity index is 912. The zero-order valence-electron chi connectivity index (χ0n) is 16.0. The number of carboxylic acids is 1. The van der Waals surface area contributed by atoms with E-state index in [2.05, 4.69) is 0 Å². The summed E-state index contributed by atoms with van der Waals surface area (Å²) in [5.74, 6) is -0.576. The van der Waals surface area contributed by atoms with Gasteiger partial charge in [-0.25, -0.2) is 4.79 Å². The molecule has 2 aliphatic rings. The van der Waals surface area contributed by atoms with Crippen molar-refractivity contribution in [1.82, 2.24) is 0 Å². The Morgan fingerprint density at radius 2 is 2.00 bits per heavy atom. The van der Waals surface area contributed by atoms with Gasteiger partial charge < -0.3 is 25.1 Å². The molecule has 2 aromatic rings. The van der Waals surface area contributed by atoms with E-state index in [9.17, 15) is 4.79 Å². The van der Waals surface area contributed by atoms with Crippen LogP contribution in [0.25, 0.3) is 0 Å². The van der Waals surface area contributed by atoms with Gasteiger partial charge in [-0.3, -0.25) is 0 Å². The van der Waals surface area contributed by atoms with Crippen LogP contribution < -0.4 is 10.5 Å². The van der Waals surface area contributed by atoms with Crippen LogP contribution in [0, 0.1) is 0 Å². The van der Waals surface area contributed by atoms with Crippen LogP contribution in [0.3, 0.4) is 0 Å². The van der Waals surface area contributed by atoms with E-state index >= 15 is 0 Å². The monoisotopic (exact) mass is 417 g/mol. The molecule has 1 aliphatic heterocycles. The number of rotatable bonds is 5. The number of nitrogen functional groups attached to an aromatic ring is 1. The average Bonchev–Trinajstić information content (AvgIpc) is 2.73. The van der Waals surface area contributed by atoms with Gasteiger partial charge in [-0.1, -0.05) is 17.7 Å². The van der Waals surface area contributed by atoms with Crippen LogP contribution >= 0.6 is 11.6 Å². The number of halogens is 1. The lowest BCUT2D eigenvalue weighted by molar-refractivity contribution is -0.222. The summed E-state index contributed by atoms with van der Waals surface area (Å²) in [7, 11) is 0. The third-order valence-electron chi connectivity index (χ3n) is 5.69. The molecule has 1 aliphatic carbocycles. The fourth-order valence-electron chi connectivity index (χ4n) is 4.27. The Morgan fingerprint density at radius 3 is 2.72 bits per heavy atom. The average molecular weight is 418 g/mol. The lowest BCUT2D eigenvalue weighted by Gasteiger charge is -2.45. The number of benzene rings is 2. The molecule has 29 heavy (non-hydrogen) atoms. The number of hydrogen-bond donors (Lipinski definition) is 2. The highest BCUT2D eigenvalue weighted by molar-refractivity contribution is 6.30. The quantitative estimate of drug-likeness (QED) is 0.713. The highest BCUT2D eigenvalue weighted by Crippen LogP contribution is 2.44. The Balaban J connectivity index is 1.67. The molecule has 3 N–H and O–H groups in total. The molecule has 1 atom stereocenters. The molecule has 0 saturated carbocycles. The predicted molar refractivity (Wildman–Crippen MR) is 110 cm³/mol. The van der Waals surface area contributed by atoms with Crippen LogP contribution in [0.4, 0.5) is 5.69 Å². The minimum Gasteiger partial charge on any atom is -0.490 e. The summed E-state index contributed by atoms with van der Waals surface area (Å²) in [6.45, 7) is 1.60. The third-order valence-corrected chi connectivity index (χ3v) is 5.93. The van der Waals surface area contributed by atoms with Gasteiger partial charge in [0.25, 0.3) is 0 Å². The van der Waals surface area contributed by atoms with E-state index in [0.29, 0.717) is 30.6 Å². The van der Waals surface area contributed by atoms with Crippen molar-refractivity contribution >= 4 is 23.3 Å². The molecule has 0 unspecified atom stereocenters. The molecule has 6 nitrogen and oxygen atoms in total. The second-order valence-corrected chi connectivity index (χ2v) is 8.02. The maximum Gasteiger partial charge on any atom is 0.335 e. The zero-order valence-corrected chi connectivity index (χ0v) is 16.8. The van der Waals surface area contributed by atoms with Gasteiger partial charge in [0, 0.05) is 5.02 Å². The Kier molecular flexibility index (Phi) is 5.67. The maximum absolute atomic E-state index is 11.2. The lowest BCUT2D eigenvalue weighted by atomic mass is 9.69. The van der Waals surface area contributed by atoms with Crippen molar-refractivity contribution in [2.24, 2.45) is 0 Å². The highest BCUT2D eigenvalue weighted by atomic mass is 35.5. The first kappa shape index (κ1) is 20.0. The van der Waals surface area contributed by atoms with E-state index < -0.39 is 17.7 Å². The molecule has 0 spiro atoms. The van der Waals surface area contributed by atoms with Crippen molar-refractivity contribution in [3.63, 3.8) is 0 Å². The first-order valence-corrected chi connectivity index (χ1v) is 10.2. The number of anilines is 1. The van der Waals surface area contributed by atoms with Gasteiger partial charge in [-0.2, -0.15) is 0 Å². The summed E-state index contributed by atoms with van der Waals surface area (Å²) < 4.78 is 18.2. The summed E-state index contributed by atoms with van der Waals surface area (Å²) in [6, 6.07) is 10.4. The molecule has 1 heterocycles. The Labute approximate surface area is 174 Å². The molecule has 0 bridgehead atoms. The smallest absolute Gasteiger partial charge is 0.335 e. The minimum absolute atomic E-state index is 0.126. The van der Waals surface area contributed by atoms with Crippen LogP contribution in [-0.2, 0) is 21.3 Å². The summed E-state index contributed by atoms with van der Waals surface area (Å²) >= 11 is 6.23. The number of aryl methyl sites for hydroxylation is 1. The number of carbonyl (C=O) groups is 1. The van der Waals surface area contributed by atoms with Gasteiger partial charge in [0.1, 0.15) is 12.4 Å². The Morgan fingerprint density at radius 1 is 1.21 bits per heavy atom. The second kappa shape index (κ2) is 8.22. The van der Waals surface area contributed by atoms with Gasteiger partial charge >= 0.3 is 5.97 Å². The van der Waals surface area contributed by atoms with Gasteiger partial charge in [0.05, 0.1) is 29.9 Å². The highest BCUT2D eigenvalue weighted by Gasteiger charge is 2.47. The number of aromatic carboxylic acids is 1. The van der Waals surface area contributed by atoms with Crippen molar-refractivity contribution < 1.29 is 24.1 Å². The van der Waals surface area contributed by atoms with E-state index in [0.717, 1.165) is 31.2 Å². The topological polar surface area (TPSA) is 91.0 Å². The second-order valence-electron chi connectivity index (χ2n) is 7.58. The van der Waals surface area contributed by atoms with Crippen molar-refractivity contribution in [1.29, 1.82) is 0 Å². The molecule has 0 amide bonds. The number of fused-ring (bicyclic) bond motifs is 1. The van der Waals surface area contributed by atoms with Gasteiger partial charge in [0.2, 0.25) is 0 Å². The van der Waals surface area contributed by atoms with Crippen LogP contribution in [0.2, 0.25) is 5.02 Å². The molecule has 1 saturated heterocycles. The summed E-state index contributed by atoms with van der Waals surface area (Å²) in [5.41, 5.74) is 8.27. The molecule has 154 valence electrons. The van der Waals surface area contributed by atoms with Gasteiger partial charge in [0.15, 0.2) is 6.29 Å². The lowest BCUT2D eigenvalue weighted by Crippen LogP contribution is -2.51. The summed E-state index contributed by atoms with van der Waals surface area (Å²) in [4.78, 5) is 11.2. The van der Waals surface area contributed by atoms with Crippen molar-refractivity contribution in [3.8, 4) is 5.75 Å². The molecular formula is C22H24ClNO5. The van der Waals surface area contributed by atoms with E-state index in [4.69, 9.17) is 36.7 Å². The summed E-state index contributed by atoms with van der Waals surface area (Å²) in [5, 5.41) is 9.84. The molecule has 1 fully saturated rings. The van der Waals surface area contributed by atoms with Crippen molar-refractivity contribution in [2.75, 3.05) is 25.6 Å². The fourth-order valence-corrected chi connectivity index (χ4v) is 4.47. The van der Waals surface area contributed by atoms with Crippen LogP contribution in [0.15, 0.2) is 36.4 Å². The number of hydrogen-bond acceptors (Lipinski definition) is 5. The number of nitrogens with two attached hydrogens (primary N) is 1. The predicted octanol–water partition coefficient (Wildman–Crippen LogP) is 4.04. The molecule has 0 aromatic heterocycles. The van der Waals surface area contributed by atoms with Gasteiger partial charge in [-0.05, 0) is 67.1 Å². The standard InChI is InChI=1S/C22H24ClNO5/c23-16-5-6-17-14(11-16)3-1-8-22(17,21-27-9-2-10-28-21)13-29-19-7-4-15(20(25)26)12-18(19)24/h4-7,11-12,21H,1-3,8-10,13,24H2,(H,25,26)/t22-/m0/s1. The molecular weight excluding hydrogens is 394 g/mol. The first-order chi connectivity index (χ1) is 14.0. The Hall–Kier alpha value is -2.28.